The molecule has 0 aromatic carbocycles. The van der Waals surface area contributed by atoms with Crippen LogP contribution in [0.5, 0.6) is 10.9 Å². The number of rotatable bonds is 2. The molecule has 3 nitrogen and oxygen atoms in total. The van der Waals surface area contributed by atoms with Crippen molar-refractivity contribution < 1.29 is 4.74 Å². The van der Waals surface area contributed by atoms with Crippen LogP contribution in [-0.4, -0.2) is 9.97 Å². The normalized spacial score (nSPS) is 9.92. The first kappa shape index (κ1) is 8.47. The van der Waals surface area contributed by atoms with Crippen LogP contribution in [0, 0.1) is 0 Å². The molecule has 0 fully saturated rings. The van der Waals surface area contributed by atoms with Crippen LogP contribution in [0.1, 0.15) is 0 Å². The highest BCUT2D eigenvalue weighted by Gasteiger charge is 2.01. The van der Waals surface area contributed by atoms with E-state index in [0.717, 1.165) is 0 Å². The van der Waals surface area contributed by atoms with Gasteiger partial charge in [0, 0.05) is 6.20 Å². The van der Waals surface area contributed by atoms with Crippen LogP contribution in [0.2, 0.25) is 4.34 Å². The molecule has 0 aliphatic heterocycles. The van der Waals surface area contributed by atoms with Gasteiger partial charge in [0.05, 0.1) is 12.4 Å². The summed E-state index contributed by atoms with van der Waals surface area (Å²) in [6, 6.07) is 3.60. The third kappa shape index (κ3) is 2.17. The van der Waals surface area contributed by atoms with Crippen LogP contribution in [0.3, 0.4) is 0 Å². The van der Waals surface area contributed by atoms with Gasteiger partial charge in [0.1, 0.15) is 10.1 Å². The lowest BCUT2D eigenvalue weighted by molar-refractivity contribution is 0.476. The molecule has 0 saturated heterocycles. The third-order valence-corrected chi connectivity index (χ3v) is 2.29. The summed E-state index contributed by atoms with van der Waals surface area (Å²) in [4.78, 5) is 7.85. The van der Waals surface area contributed by atoms with Crippen LogP contribution in [0.25, 0.3) is 0 Å². The molecule has 0 saturated carbocycles. The lowest BCUT2D eigenvalue weighted by Gasteiger charge is -1.98. The van der Waals surface area contributed by atoms with Gasteiger partial charge >= 0.3 is 0 Å². The third-order valence-electron chi connectivity index (χ3n) is 1.30. The van der Waals surface area contributed by atoms with Gasteiger partial charge in [-0.1, -0.05) is 22.9 Å². The van der Waals surface area contributed by atoms with Crippen molar-refractivity contribution in [1.29, 1.82) is 0 Å². The van der Waals surface area contributed by atoms with Gasteiger partial charge in [0.25, 0.3) is 5.19 Å². The molecule has 0 aliphatic carbocycles. The van der Waals surface area contributed by atoms with Crippen LogP contribution >= 0.6 is 22.9 Å². The first-order valence-corrected chi connectivity index (χ1v) is 4.73. The Morgan fingerprint density at radius 3 is 2.92 bits per heavy atom. The Morgan fingerprint density at radius 2 is 2.31 bits per heavy atom. The second kappa shape index (κ2) is 3.72. The molecule has 2 aromatic rings. The molecule has 0 aliphatic rings. The lowest BCUT2D eigenvalue weighted by atomic mass is 10.5. The van der Waals surface area contributed by atoms with Crippen LogP contribution < -0.4 is 4.74 Å². The molecule has 2 aromatic heterocycles. The monoisotopic (exact) mass is 212 g/mol. The minimum absolute atomic E-state index is 0.526. The molecular formula is C8H5ClN2OS. The van der Waals surface area contributed by atoms with Crippen molar-refractivity contribution >= 4 is 22.9 Å². The number of thiazole rings is 1. The maximum absolute atomic E-state index is 5.69. The van der Waals surface area contributed by atoms with Gasteiger partial charge in [-0.2, -0.15) is 0 Å². The van der Waals surface area contributed by atoms with Crippen molar-refractivity contribution in [2.75, 3.05) is 0 Å². The fourth-order valence-electron chi connectivity index (χ4n) is 0.795. The summed E-state index contributed by atoms with van der Waals surface area (Å²) < 4.78 is 5.97. The fraction of sp³-hybridized carbons (Fsp3) is 0. The van der Waals surface area contributed by atoms with Crippen LogP contribution in [-0.2, 0) is 0 Å². The standard InChI is InChI=1S/C8H5ClN2OS/c9-7-5-11-8(13-7)12-6-2-1-3-10-4-6/h1-5H. The van der Waals surface area contributed by atoms with Crippen molar-refractivity contribution in [2.24, 2.45) is 0 Å². The summed E-state index contributed by atoms with van der Waals surface area (Å²) in [5, 5.41) is 0.526. The predicted octanol–water partition coefficient (Wildman–Crippen LogP) is 2.98. The molecule has 0 radical (unpaired) electrons. The van der Waals surface area contributed by atoms with Crippen LogP contribution in [0.4, 0.5) is 0 Å². The molecule has 66 valence electrons. The molecule has 2 heterocycles. The molecule has 0 N–H and O–H groups in total. The van der Waals surface area contributed by atoms with Gasteiger partial charge in [-0.25, -0.2) is 4.98 Å². The van der Waals surface area contributed by atoms with E-state index in [9.17, 15) is 0 Å². The Kier molecular flexibility index (Phi) is 2.42. The Labute approximate surface area is 84.0 Å². The zero-order valence-corrected chi connectivity index (χ0v) is 8.05. The maximum atomic E-state index is 5.69. The molecule has 13 heavy (non-hydrogen) atoms. The summed E-state index contributed by atoms with van der Waals surface area (Å²) in [7, 11) is 0. The van der Waals surface area contributed by atoms with Crippen molar-refractivity contribution in [1.82, 2.24) is 9.97 Å². The van der Waals surface area contributed by atoms with Crippen molar-refractivity contribution in [3.8, 4) is 10.9 Å². The number of nitrogens with zero attached hydrogens (tertiary/aromatic N) is 2. The van der Waals surface area contributed by atoms with E-state index in [1.807, 2.05) is 6.07 Å². The van der Waals surface area contributed by atoms with Crippen LogP contribution in [0.15, 0.2) is 30.7 Å². The topological polar surface area (TPSA) is 35.0 Å². The molecule has 0 bridgehead atoms. The summed E-state index contributed by atoms with van der Waals surface area (Å²) in [6.07, 6.45) is 4.86. The minimum Gasteiger partial charge on any atom is -0.429 e. The first-order chi connectivity index (χ1) is 6.34. The van der Waals surface area contributed by atoms with E-state index in [0.29, 0.717) is 15.3 Å². The highest BCUT2D eigenvalue weighted by Crippen LogP contribution is 2.28. The van der Waals surface area contributed by atoms with E-state index in [-0.39, 0.29) is 0 Å². The lowest BCUT2D eigenvalue weighted by Crippen LogP contribution is -1.82. The molecule has 0 spiro atoms. The minimum atomic E-state index is 0.526. The molecule has 0 amide bonds. The van der Waals surface area contributed by atoms with Gasteiger partial charge < -0.3 is 4.74 Å². The second-order valence-electron chi connectivity index (χ2n) is 2.22. The smallest absolute Gasteiger partial charge is 0.280 e. The summed E-state index contributed by atoms with van der Waals surface area (Å²) in [5.41, 5.74) is 0. The van der Waals surface area contributed by atoms with Crippen molar-refractivity contribution in [3.63, 3.8) is 0 Å². The zero-order valence-electron chi connectivity index (χ0n) is 6.48. The van der Waals surface area contributed by atoms with Gasteiger partial charge in [-0.15, -0.1) is 0 Å². The number of aromatic nitrogens is 2. The Bertz CT molecular complexity index is 390. The Balaban J connectivity index is 2.15. The largest absolute Gasteiger partial charge is 0.429 e. The van der Waals surface area contributed by atoms with Crippen molar-refractivity contribution in [2.45, 2.75) is 0 Å². The molecule has 5 heteroatoms. The number of halogens is 1. The van der Waals surface area contributed by atoms with E-state index in [4.69, 9.17) is 16.3 Å². The van der Waals surface area contributed by atoms with E-state index < -0.39 is 0 Å². The van der Waals surface area contributed by atoms with E-state index in [2.05, 4.69) is 9.97 Å². The molecule has 0 unspecified atom stereocenters. The quantitative estimate of drug-likeness (QED) is 0.768. The predicted molar refractivity (Wildman–Crippen MR) is 51.4 cm³/mol. The summed E-state index contributed by atoms with van der Waals surface area (Å²) in [6.45, 7) is 0. The molecule has 0 atom stereocenters. The van der Waals surface area contributed by atoms with Gasteiger partial charge in [0.2, 0.25) is 0 Å². The molecular weight excluding hydrogens is 208 g/mol. The highest BCUT2D eigenvalue weighted by molar-refractivity contribution is 7.17. The van der Waals surface area contributed by atoms with E-state index in [1.165, 1.54) is 11.3 Å². The van der Waals surface area contributed by atoms with Crippen molar-refractivity contribution in [3.05, 3.63) is 35.1 Å². The van der Waals surface area contributed by atoms with Gasteiger partial charge in [-0.3, -0.25) is 4.98 Å². The zero-order chi connectivity index (χ0) is 9.10. The average Bonchev–Trinajstić information content (AvgIpc) is 2.53. The second-order valence-corrected chi connectivity index (χ2v) is 3.85. The van der Waals surface area contributed by atoms with E-state index in [1.54, 1.807) is 24.7 Å². The number of hydrogen-bond donors (Lipinski definition) is 0. The van der Waals surface area contributed by atoms with Gasteiger partial charge in [0.15, 0.2) is 0 Å². The molecule has 2 rings (SSSR count). The SMILES string of the molecule is Clc1cnc(Oc2cccnc2)s1. The number of ether oxygens (including phenoxy) is 1. The van der Waals surface area contributed by atoms with Gasteiger partial charge in [-0.05, 0) is 12.1 Å². The maximum Gasteiger partial charge on any atom is 0.280 e. The Hall–Kier alpha value is -1.13. The summed E-state index contributed by atoms with van der Waals surface area (Å²) >= 11 is 6.97. The number of pyridine rings is 1. The summed E-state index contributed by atoms with van der Waals surface area (Å²) in [5.74, 6) is 0.661. The average molecular weight is 213 g/mol. The first-order valence-electron chi connectivity index (χ1n) is 3.54. The fourth-order valence-corrected chi connectivity index (χ4v) is 1.56. The van der Waals surface area contributed by atoms with E-state index >= 15 is 0 Å². The highest BCUT2D eigenvalue weighted by atomic mass is 35.5. The number of hydrogen-bond acceptors (Lipinski definition) is 4. The Morgan fingerprint density at radius 1 is 1.38 bits per heavy atom.